The molecule has 11 aromatic carbocycles. The van der Waals surface area contributed by atoms with Gasteiger partial charge in [0, 0.05) is 21.3 Å². The summed E-state index contributed by atoms with van der Waals surface area (Å²) in [4.78, 5) is 12.4. The fraction of sp³-hybridized carbons (Fsp3) is 0.437. The van der Waals surface area contributed by atoms with Gasteiger partial charge in [0.15, 0.2) is 36.7 Å². The van der Waals surface area contributed by atoms with Crippen molar-refractivity contribution in [2.24, 2.45) is 0 Å². The number of hydrogen-bond acceptors (Lipinski definition) is 29. The van der Waals surface area contributed by atoms with Gasteiger partial charge in [0.25, 0.3) is 0 Å². The topological polar surface area (TPSA) is 320 Å². The van der Waals surface area contributed by atoms with E-state index in [4.69, 9.17) is 119 Å². The predicted molar refractivity (Wildman–Crippen MR) is 549 cm³/mol. The van der Waals surface area contributed by atoms with Crippen LogP contribution >= 0.6 is 0 Å². The second-order valence-electron chi connectivity index (χ2n) is 38.3. The van der Waals surface area contributed by atoms with Crippen molar-refractivity contribution < 1.29 is 139 Å². The lowest BCUT2D eigenvalue weighted by Crippen LogP contribution is -2.49. The van der Waals surface area contributed by atoms with Crippen molar-refractivity contribution in [3.05, 3.63) is 395 Å². The fourth-order valence-corrected chi connectivity index (χ4v) is 18.1. The largest absolute Gasteiger partial charge is 0.394 e. The Hall–Kier alpha value is -10.0. The van der Waals surface area contributed by atoms with E-state index in [0.29, 0.717) is 99.1 Å². The summed E-state index contributed by atoms with van der Waals surface area (Å²) >= 11 is 0. The van der Waals surface area contributed by atoms with Crippen molar-refractivity contribution in [3.8, 4) is 0 Å². The van der Waals surface area contributed by atoms with Gasteiger partial charge in [0.05, 0.1) is 118 Å². The van der Waals surface area contributed by atoms with Crippen molar-refractivity contribution in [2.75, 3.05) is 61.0 Å². The van der Waals surface area contributed by atoms with Crippen LogP contribution in [0, 0.1) is 0 Å². The lowest BCUT2D eigenvalue weighted by Gasteiger charge is -2.34. The van der Waals surface area contributed by atoms with E-state index in [2.05, 4.69) is 50.2 Å². The zero-order valence-corrected chi connectivity index (χ0v) is 85.9. The number of methoxy groups -OCH3 is 3. The Kier molecular flexibility index (Phi) is 44.5. The van der Waals surface area contributed by atoms with E-state index in [1.807, 2.05) is 311 Å². The van der Waals surface area contributed by atoms with Gasteiger partial charge in [0.2, 0.25) is 12.1 Å². The molecule has 8 heterocycles. The van der Waals surface area contributed by atoms with E-state index < -0.39 is 109 Å². The lowest BCUT2D eigenvalue weighted by molar-refractivity contribution is -0.225. The van der Waals surface area contributed by atoms with Crippen molar-refractivity contribution in [3.63, 3.8) is 0 Å². The number of carbonyl (C=O) groups is 1. The summed E-state index contributed by atoms with van der Waals surface area (Å²) in [7, 11) is 4.47. The van der Waals surface area contributed by atoms with E-state index in [0.717, 1.165) is 61.2 Å². The molecule has 0 bridgehead atoms. The van der Waals surface area contributed by atoms with Crippen LogP contribution in [0.25, 0.3) is 0 Å². The molecule has 8 saturated heterocycles. The molecule has 11 aromatic rings. The molecule has 8 aliphatic rings. The lowest BCUT2D eigenvalue weighted by atomic mass is 9.92. The SMILES string of the molecule is CC1(C)OC2O[C@H](CO)[C@@H](O)C2O1.CC1(C)OC2O[C@H](COCc3ccccc3)[C@@H](OCc3ccccc3)C2O1.CC1O[C@H](COCc2ccccc2)[C@@H](OCc2ccccc2)[C@]1(C)OCc1ccccc1.COC1O[C@H](COCc2ccccc2)[C@@H](OCc2ccccc2)C1=O.COC1O[C@H](COCc2ccccc2)[C@@H](OCc2ccccc2)C1O.COC1O[C@H](COCc2ccccc2)[C@@H](OCc2ccccc2)[C@]1(C)O. The number of aliphatic hydroxyl groups is 4. The highest BCUT2D eigenvalue weighted by atomic mass is 16.9. The van der Waals surface area contributed by atoms with E-state index in [1.54, 1.807) is 20.8 Å². The third kappa shape index (κ3) is 33.7. The smallest absolute Gasteiger partial charge is 0.220 e. The molecular weight excluding hydrogens is 1890 g/mol. The fourth-order valence-electron chi connectivity index (χ4n) is 18.1. The second kappa shape index (κ2) is 58.0. The van der Waals surface area contributed by atoms with Gasteiger partial charge in [-0.25, -0.2) is 0 Å². The molecule has 0 amide bonds. The van der Waals surface area contributed by atoms with Crippen molar-refractivity contribution in [1.82, 2.24) is 0 Å². The van der Waals surface area contributed by atoms with Crippen LogP contribution in [0.5, 0.6) is 0 Å². The van der Waals surface area contributed by atoms with Gasteiger partial charge < -0.3 is 134 Å². The summed E-state index contributed by atoms with van der Waals surface area (Å²) in [5, 5.41) is 39.7. The van der Waals surface area contributed by atoms with Crippen LogP contribution in [0.3, 0.4) is 0 Å². The third-order valence-electron chi connectivity index (χ3n) is 26.0. The maximum absolute atomic E-state index is 12.4. The molecule has 29 heteroatoms. The van der Waals surface area contributed by atoms with Crippen molar-refractivity contribution in [1.29, 1.82) is 0 Å². The maximum Gasteiger partial charge on any atom is 0.220 e. The first-order valence-corrected chi connectivity index (χ1v) is 50.4. The highest BCUT2D eigenvalue weighted by Gasteiger charge is 2.59. The predicted octanol–water partition coefficient (Wildman–Crippen LogP) is 16.6. The molecule has 8 fully saturated rings. The minimum absolute atomic E-state index is 0.127. The van der Waals surface area contributed by atoms with Crippen LogP contribution in [-0.2, 0) is 191 Å². The number of Topliss-reactive ketones (excluding diaryl/α,β-unsaturated/α-hetero) is 1. The first-order valence-electron chi connectivity index (χ1n) is 50.4. The zero-order valence-electron chi connectivity index (χ0n) is 85.9. The summed E-state index contributed by atoms with van der Waals surface area (Å²) in [6.07, 6.45) is -10.4. The third-order valence-corrected chi connectivity index (χ3v) is 26.0. The Morgan fingerprint density at radius 2 is 0.608 bits per heavy atom. The summed E-state index contributed by atoms with van der Waals surface area (Å²) in [6, 6.07) is 110. The summed E-state index contributed by atoms with van der Waals surface area (Å²) in [6.45, 7) is 19.8. The minimum Gasteiger partial charge on any atom is -0.394 e. The molecule has 23 atom stereocenters. The molecule has 4 N–H and O–H groups in total. The van der Waals surface area contributed by atoms with Crippen LogP contribution in [0.4, 0.5) is 0 Å². The van der Waals surface area contributed by atoms with Gasteiger partial charge in [-0.1, -0.05) is 334 Å². The Morgan fingerprint density at radius 1 is 0.297 bits per heavy atom. The number of ether oxygens (including phenoxy) is 24. The van der Waals surface area contributed by atoms with Crippen LogP contribution in [0.2, 0.25) is 0 Å². The molecular formula is C119H144O29. The summed E-state index contributed by atoms with van der Waals surface area (Å²) < 4.78 is 139. The van der Waals surface area contributed by atoms with Crippen LogP contribution in [-0.4, -0.2) is 239 Å². The van der Waals surface area contributed by atoms with Crippen LogP contribution < -0.4 is 0 Å². The molecule has 9 unspecified atom stereocenters. The molecule has 0 spiro atoms. The summed E-state index contributed by atoms with van der Waals surface area (Å²) in [5.74, 6) is -1.58. The maximum atomic E-state index is 12.4. The van der Waals surface area contributed by atoms with Gasteiger partial charge in [-0.3, -0.25) is 4.79 Å². The Bertz CT molecular complexity index is 5500. The van der Waals surface area contributed by atoms with Gasteiger partial charge in [-0.2, -0.15) is 0 Å². The number of ketones is 1. The number of aliphatic hydroxyl groups excluding tert-OH is 3. The summed E-state index contributed by atoms with van der Waals surface area (Å²) in [5.41, 5.74) is 10.1. The highest BCUT2D eigenvalue weighted by Crippen LogP contribution is 2.43. The van der Waals surface area contributed by atoms with Gasteiger partial charge in [-0.15, -0.1) is 0 Å². The van der Waals surface area contributed by atoms with E-state index in [9.17, 15) is 20.1 Å². The number of benzene rings is 11. The van der Waals surface area contributed by atoms with E-state index in [1.165, 1.54) is 21.3 Å². The second-order valence-corrected chi connectivity index (χ2v) is 38.3. The molecule has 0 aliphatic carbocycles. The number of fused-ring (bicyclic) bond motifs is 2. The standard InChI is InChI=1S/C28H32O4.C22H26O5.C21H26O5.C20H24O5.C20H22O5.C8H14O5/c1-22-28(2,31-20-25-16-10-5-11-17-25)27(30-19-24-14-8-4-9-15-24)26(32-22)21-29-18-23-12-6-3-7-13-23;1-22(2)26-20-19(24-14-17-11-7-4-8-12-17)18(25-21(20)27-22)15-23-13-16-9-5-3-6-10-16;1-21(22)19(25-14-17-11-7-4-8-12-17)18(26-20(21)23-2)15-24-13-16-9-5-3-6-10-16;2*1-22-20-18(21)19(24-13-16-10-6-3-7-11-16)17(25-20)14-23-12-15-8-4-2-5-9-15;1-8(2)12-6-5(10)4(3-9)11-7(6)13-8/h3-17,22,26-27H,18-21H2,1-2H3;3-12,18-21H,13-15H2,1-2H3;3-12,18-20,22H,13-15H2,1-2H3;2-11,17-21H,12-14H2,1H3;2-11,17,19-20H,12-14H2,1H3;4-7,9-10H,3H2,1-2H3/t22?,26-,27-,28-;18-,19-,20?,21?;18-,19-,20?,21+;17-,18?,19-,20?;17-,19-,20?;4-,5-,6?,7?/m111111/s1. The molecule has 0 saturated carbocycles. The van der Waals surface area contributed by atoms with Gasteiger partial charge in [0.1, 0.15) is 103 Å². The highest BCUT2D eigenvalue weighted by molar-refractivity contribution is 5.88. The molecule has 0 aromatic heterocycles. The molecule has 148 heavy (non-hydrogen) atoms. The Balaban J connectivity index is 0.000000142. The van der Waals surface area contributed by atoms with Gasteiger partial charge in [-0.05, 0) is 110 Å². The molecule has 8 aliphatic heterocycles. The van der Waals surface area contributed by atoms with Gasteiger partial charge >= 0.3 is 0 Å². The molecule has 794 valence electrons. The Morgan fingerprint density at radius 3 is 0.973 bits per heavy atom. The first-order chi connectivity index (χ1) is 71.9. The quantitative estimate of drug-likeness (QED) is 0.0276. The first kappa shape index (κ1) is 114. The minimum atomic E-state index is -1.26. The molecule has 19 rings (SSSR count). The zero-order chi connectivity index (χ0) is 104. The van der Waals surface area contributed by atoms with Crippen molar-refractivity contribution >= 4 is 5.78 Å². The van der Waals surface area contributed by atoms with Crippen molar-refractivity contribution in [2.45, 2.75) is 273 Å². The monoisotopic (exact) mass is 2040 g/mol. The van der Waals surface area contributed by atoms with E-state index in [-0.39, 0.29) is 61.7 Å². The average Bonchev–Trinajstić information content (AvgIpc) is 1.61. The van der Waals surface area contributed by atoms with Crippen LogP contribution in [0.1, 0.15) is 110 Å². The molecule has 0 radical (unpaired) electrons. The number of rotatable bonds is 42. The number of hydrogen-bond donors (Lipinski definition) is 4. The normalized spacial score (nSPS) is 28.2. The van der Waals surface area contributed by atoms with E-state index >= 15 is 0 Å². The molecule has 29 nitrogen and oxygen atoms in total. The number of carbonyl (C=O) groups excluding carboxylic acids is 1. The van der Waals surface area contributed by atoms with Crippen LogP contribution in [0.15, 0.2) is 334 Å². The average molecular weight is 2040 g/mol. The Labute approximate surface area is 868 Å².